The Kier molecular flexibility index (Phi) is 3.90. The van der Waals surface area contributed by atoms with E-state index in [4.69, 9.17) is 4.74 Å². The summed E-state index contributed by atoms with van der Waals surface area (Å²) in [6.07, 6.45) is 3.30. The fourth-order valence-corrected chi connectivity index (χ4v) is 5.25. The van der Waals surface area contributed by atoms with Crippen LogP contribution in [0.5, 0.6) is 5.88 Å². The molecule has 1 aliphatic carbocycles. The van der Waals surface area contributed by atoms with E-state index in [2.05, 4.69) is 0 Å². The fourth-order valence-electron chi connectivity index (χ4n) is 3.30. The molecule has 0 bridgehead atoms. The summed E-state index contributed by atoms with van der Waals surface area (Å²) < 4.78 is 32.4. The van der Waals surface area contributed by atoms with Crippen LogP contribution in [0.4, 0.5) is 0 Å². The number of carbonyl (C=O) groups is 1. The molecule has 1 spiro atoms. The molecule has 2 heterocycles. The Balaban J connectivity index is 2.23. The van der Waals surface area contributed by atoms with Crippen LogP contribution in [0.15, 0.2) is 14.5 Å². The first kappa shape index (κ1) is 17.5. The Morgan fingerprint density at radius 2 is 1.68 bits per heavy atom. The monoisotopic (exact) mass is 370 g/mol. The minimum atomic E-state index is -4.12. The van der Waals surface area contributed by atoms with Crippen molar-refractivity contribution in [2.45, 2.75) is 37.0 Å². The third-order valence-corrected chi connectivity index (χ3v) is 7.15. The number of carbonyl (C=O) groups excluding carboxylic acids is 1. The summed E-state index contributed by atoms with van der Waals surface area (Å²) in [6.45, 7) is 0. The maximum atomic E-state index is 12.9. The van der Waals surface area contributed by atoms with E-state index in [1.165, 1.54) is 14.1 Å². The number of ether oxygens (including phenoxy) is 1. The van der Waals surface area contributed by atoms with Gasteiger partial charge in [-0.05, 0) is 18.9 Å². The predicted molar refractivity (Wildman–Crippen MR) is 87.4 cm³/mol. The molecule has 0 unspecified atom stereocenters. The zero-order valence-electron chi connectivity index (χ0n) is 13.8. The molecular formula is C15H18N2O7S. The molecule has 0 amide bonds. The van der Waals surface area contributed by atoms with Gasteiger partial charge < -0.3 is 9.84 Å². The van der Waals surface area contributed by atoms with Gasteiger partial charge in [-0.1, -0.05) is 6.42 Å². The smallest absolute Gasteiger partial charge is 0.351 e. The lowest BCUT2D eigenvalue weighted by Gasteiger charge is -2.29. The third-order valence-electron chi connectivity index (χ3n) is 4.82. The van der Waals surface area contributed by atoms with Crippen molar-refractivity contribution in [1.29, 1.82) is 0 Å². The highest BCUT2D eigenvalue weighted by atomic mass is 32.2. The highest BCUT2D eigenvalue weighted by Crippen LogP contribution is 2.45. The molecular weight excluding hydrogens is 352 g/mol. The van der Waals surface area contributed by atoms with Crippen LogP contribution in [0, 0.1) is 0 Å². The fraction of sp³-hybridized carbons (Fsp3) is 0.533. The van der Waals surface area contributed by atoms with Crippen molar-refractivity contribution in [1.82, 2.24) is 9.13 Å². The van der Waals surface area contributed by atoms with E-state index in [9.17, 15) is 27.9 Å². The Bertz CT molecular complexity index is 1010. The first-order valence-electron chi connectivity index (χ1n) is 7.81. The van der Waals surface area contributed by atoms with E-state index in [1.807, 2.05) is 0 Å². The summed E-state index contributed by atoms with van der Waals surface area (Å²) in [7, 11) is -1.71. The van der Waals surface area contributed by atoms with Gasteiger partial charge in [0.05, 0.1) is 0 Å². The van der Waals surface area contributed by atoms with Crippen LogP contribution < -0.4 is 11.2 Å². The molecule has 2 aliphatic rings. The van der Waals surface area contributed by atoms with Crippen molar-refractivity contribution in [2.24, 2.45) is 14.1 Å². The highest BCUT2D eigenvalue weighted by molar-refractivity contribution is 7.98. The van der Waals surface area contributed by atoms with E-state index >= 15 is 0 Å². The van der Waals surface area contributed by atoms with Gasteiger partial charge in [0.2, 0.25) is 20.7 Å². The Hall–Kier alpha value is -2.36. The molecule has 1 aliphatic heterocycles. The summed E-state index contributed by atoms with van der Waals surface area (Å²) in [5.74, 6) is -1.76. The second-order valence-electron chi connectivity index (χ2n) is 6.32. The average Bonchev–Trinajstić information content (AvgIpc) is 2.75. The number of aromatic nitrogens is 2. The maximum Gasteiger partial charge on any atom is 0.351 e. The van der Waals surface area contributed by atoms with Gasteiger partial charge in [-0.15, -0.1) is 0 Å². The number of aromatic hydroxyl groups is 1. The lowest BCUT2D eigenvalue weighted by molar-refractivity contribution is -0.145. The molecule has 25 heavy (non-hydrogen) atoms. The van der Waals surface area contributed by atoms with Crippen molar-refractivity contribution < 1.29 is 23.1 Å². The Morgan fingerprint density at radius 3 is 2.28 bits per heavy atom. The maximum absolute atomic E-state index is 12.9. The van der Waals surface area contributed by atoms with Gasteiger partial charge in [0.15, 0.2) is 4.91 Å². The third kappa shape index (κ3) is 2.35. The zero-order valence-corrected chi connectivity index (χ0v) is 14.6. The molecule has 10 heteroatoms. The summed E-state index contributed by atoms with van der Waals surface area (Å²) in [5, 5.41) is 10.1. The van der Waals surface area contributed by atoms with Gasteiger partial charge in [0.25, 0.3) is 5.56 Å². The van der Waals surface area contributed by atoms with Gasteiger partial charge in [0, 0.05) is 26.9 Å². The molecule has 2 fully saturated rings. The van der Waals surface area contributed by atoms with E-state index in [0.717, 1.165) is 21.6 Å². The number of sulfone groups is 1. The summed E-state index contributed by atoms with van der Waals surface area (Å²) in [5.41, 5.74) is -2.13. The lowest BCUT2D eigenvalue weighted by atomic mass is 9.97. The molecule has 0 radical (unpaired) electrons. The van der Waals surface area contributed by atoms with Gasteiger partial charge in [-0.25, -0.2) is 18.0 Å². The van der Waals surface area contributed by atoms with E-state index in [-0.39, 0.29) is 12.8 Å². The van der Waals surface area contributed by atoms with Crippen LogP contribution in [-0.4, -0.2) is 33.6 Å². The molecule has 0 atom stereocenters. The first-order chi connectivity index (χ1) is 11.6. The SMILES string of the molecule is Cn1c(O)c(C=C2C(=O)OC3(CCCCC3)S2(=O)=O)c(=O)n(C)c1=O. The molecule has 1 N–H and O–H groups in total. The quantitative estimate of drug-likeness (QED) is 0.534. The number of hydrogen-bond donors (Lipinski definition) is 1. The average molecular weight is 370 g/mol. The molecule has 1 aromatic rings. The van der Waals surface area contributed by atoms with E-state index < -0.39 is 48.3 Å². The van der Waals surface area contributed by atoms with Gasteiger partial charge in [-0.2, -0.15) is 0 Å². The van der Waals surface area contributed by atoms with Crippen molar-refractivity contribution in [3.63, 3.8) is 0 Å². The summed E-state index contributed by atoms with van der Waals surface area (Å²) in [6, 6.07) is 0. The van der Waals surface area contributed by atoms with Crippen molar-refractivity contribution >= 4 is 21.9 Å². The van der Waals surface area contributed by atoms with Crippen LogP contribution >= 0.6 is 0 Å². The largest absolute Gasteiger partial charge is 0.494 e. The van der Waals surface area contributed by atoms with Crippen molar-refractivity contribution in [3.8, 4) is 5.88 Å². The number of esters is 1. The van der Waals surface area contributed by atoms with Crippen LogP contribution in [0.3, 0.4) is 0 Å². The molecule has 1 aromatic heterocycles. The molecule has 0 aromatic carbocycles. The minimum Gasteiger partial charge on any atom is -0.494 e. The molecule has 1 saturated heterocycles. The number of rotatable bonds is 1. The second kappa shape index (κ2) is 5.58. The molecule has 9 nitrogen and oxygen atoms in total. The Morgan fingerprint density at radius 1 is 1.08 bits per heavy atom. The molecule has 1 saturated carbocycles. The van der Waals surface area contributed by atoms with Crippen molar-refractivity contribution in [2.75, 3.05) is 0 Å². The van der Waals surface area contributed by atoms with Crippen molar-refractivity contribution in [3.05, 3.63) is 31.3 Å². The molecule has 3 rings (SSSR count). The topological polar surface area (TPSA) is 125 Å². The van der Waals surface area contributed by atoms with E-state index in [1.54, 1.807) is 0 Å². The normalized spacial score (nSPS) is 23.1. The summed E-state index contributed by atoms with van der Waals surface area (Å²) in [4.78, 5) is 33.9. The van der Waals surface area contributed by atoms with Crippen LogP contribution in [0.25, 0.3) is 6.08 Å². The lowest BCUT2D eigenvalue weighted by Crippen LogP contribution is -2.38. The van der Waals surface area contributed by atoms with Gasteiger partial charge in [-0.3, -0.25) is 13.9 Å². The van der Waals surface area contributed by atoms with Gasteiger partial charge in [0.1, 0.15) is 5.56 Å². The number of nitrogens with zero attached hydrogens (tertiary/aromatic N) is 2. The van der Waals surface area contributed by atoms with Crippen LogP contribution in [0.1, 0.15) is 37.7 Å². The standard InChI is InChI=1S/C15H18N2O7S/c1-16-11(18)9(12(19)17(2)14(16)21)8-10-13(20)24-15(25(10,22)23)6-4-3-5-7-15/h8,18H,3-7H2,1-2H3. The second-order valence-corrected chi connectivity index (χ2v) is 8.51. The first-order valence-corrected chi connectivity index (χ1v) is 9.29. The highest BCUT2D eigenvalue weighted by Gasteiger charge is 2.57. The summed E-state index contributed by atoms with van der Waals surface area (Å²) >= 11 is 0. The molecule has 136 valence electrons. The Labute approximate surface area is 143 Å². The van der Waals surface area contributed by atoms with Crippen LogP contribution in [0.2, 0.25) is 0 Å². The predicted octanol–water partition coefficient (Wildman–Crippen LogP) is -0.238. The zero-order chi connectivity index (χ0) is 18.6. The minimum absolute atomic E-state index is 0.204. The number of hydrogen-bond acceptors (Lipinski definition) is 7. The van der Waals surface area contributed by atoms with Crippen LogP contribution in [-0.2, 0) is 33.5 Å². The van der Waals surface area contributed by atoms with Gasteiger partial charge >= 0.3 is 11.7 Å². The van der Waals surface area contributed by atoms with E-state index in [0.29, 0.717) is 12.8 Å².